The maximum absolute atomic E-state index is 13.1. The molecule has 3 atom stereocenters. The Morgan fingerprint density at radius 3 is 2.60 bits per heavy atom. The van der Waals surface area contributed by atoms with E-state index >= 15 is 0 Å². The minimum absolute atomic E-state index is 0.0577. The number of benzene rings is 1. The van der Waals surface area contributed by atoms with Crippen molar-refractivity contribution < 1.29 is 9.53 Å². The van der Waals surface area contributed by atoms with Gasteiger partial charge in [0, 0.05) is 5.54 Å². The van der Waals surface area contributed by atoms with E-state index in [0.717, 1.165) is 19.4 Å². The van der Waals surface area contributed by atoms with Gasteiger partial charge in [-0.05, 0) is 59.1 Å². The minimum atomic E-state index is -0.480. The summed E-state index contributed by atoms with van der Waals surface area (Å²) in [7, 11) is 0. The molecule has 1 N–H and O–H groups in total. The highest BCUT2D eigenvalue weighted by Gasteiger charge is 2.52. The number of ether oxygens (including phenoxy) is 1. The van der Waals surface area contributed by atoms with E-state index in [-0.39, 0.29) is 23.7 Å². The van der Waals surface area contributed by atoms with E-state index in [0.29, 0.717) is 0 Å². The first-order valence-corrected chi connectivity index (χ1v) is 9.61. The van der Waals surface area contributed by atoms with Gasteiger partial charge in [-0.25, -0.2) is 4.79 Å². The Morgan fingerprint density at radius 2 is 1.92 bits per heavy atom. The molecule has 2 fully saturated rings. The van der Waals surface area contributed by atoms with E-state index in [9.17, 15) is 4.79 Å². The van der Waals surface area contributed by atoms with Crippen LogP contribution in [-0.2, 0) is 4.74 Å². The van der Waals surface area contributed by atoms with Crippen molar-refractivity contribution in [3.8, 4) is 0 Å². The lowest BCUT2D eigenvalue weighted by Crippen LogP contribution is -2.55. The van der Waals surface area contributed by atoms with Crippen LogP contribution in [0, 0.1) is 0 Å². The molecule has 3 rings (SSSR count). The number of carbonyl (C=O) groups excluding carboxylic acids is 1. The topological polar surface area (TPSA) is 41.6 Å². The number of nitrogens with zero attached hydrogens (tertiary/aromatic N) is 1. The number of hydrogen-bond donors (Lipinski definition) is 1. The fourth-order valence-corrected chi connectivity index (χ4v) is 4.34. The normalized spacial score (nSPS) is 30.3. The van der Waals surface area contributed by atoms with Crippen LogP contribution in [0.2, 0.25) is 0 Å². The van der Waals surface area contributed by atoms with Gasteiger partial charge < -0.3 is 10.1 Å². The minimum Gasteiger partial charge on any atom is -0.444 e. The Hall–Kier alpha value is -1.55. The first-order valence-electron chi connectivity index (χ1n) is 9.61. The molecule has 1 amide bonds. The number of fused-ring (bicyclic) bond motifs is 1. The van der Waals surface area contributed by atoms with Crippen LogP contribution >= 0.6 is 0 Å². The lowest BCUT2D eigenvalue weighted by atomic mass is 9.85. The third-order valence-electron chi connectivity index (χ3n) is 5.50. The zero-order chi connectivity index (χ0) is 18.1. The summed E-state index contributed by atoms with van der Waals surface area (Å²) in [6.45, 7) is 9.12. The molecule has 0 aliphatic carbocycles. The summed E-state index contributed by atoms with van der Waals surface area (Å²) < 4.78 is 5.80. The second-order valence-electron chi connectivity index (χ2n) is 8.73. The van der Waals surface area contributed by atoms with Gasteiger partial charge >= 0.3 is 6.09 Å². The SMILES string of the molecule is CC(C)(C)OC(=O)N1[C@H]2CCCCCN[C@@]2(C)C[C@H]1c1ccccc1. The van der Waals surface area contributed by atoms with Crippen LogP contribution in [0.3, 0.4) is 0 Å². The third kappa shape index (κ3) is 4.00. The molecule has 138 valence electrons. The first kappa shape index (κ1) is 18.2. The van der Waals surface area contributed by atoms with Crippen LogP contribution in [0.4, 0.5) is 4.79 Å². The van der Waals surface area contributed by atoms with E-state index in [1.54, 1.807) is 0 Å². The number of carbonyl (C=O) groups is 1. The van der Waals surface area contributed by atoms with Gasteiger partial charge in [0.25, 0.3) is 0 Å². The maximum Gasteiger partial charge on any atom is 0.411 e. The molecular formula is C21H32N2O2. The molecule has 0 radical (unpaired) electrons. The molecule has 2 heterocycles. The zero-order valence-electron chi connectivity index (χ0n) is 16.0. The van der Waals surface area contributed by atoms with Crippen molar-refractivity contribution in [2.75, 3.05) is 6.54 Å². The fraction of sp³-hybridized carbons (Fsp3) is 0.667. The van der Waals surface area contributed by atoms with Gasteiger partial charge in [0.2, 0.25) is 0 Å². The molecule has 2 aliphatic heterocycles. The predicted octanol–water partition coefficient (Wildman–Crippen LogP) is 4.66. The summed E-state index contributed by atoms with van der Waals surface area (Å²) in [5.74, 6) is 0. The lowest BCUT2D eigenvalue weighted by molar-refractivity contribution is 0.00969. The number of hydrogen-bond acceptors (Lipinski definition) is 3. The quantitative estimate of drug-likeness (QED) is 0.805. The van der Waals surface area contributed by atoms with Gasteiger partial charge in [-0.1, -0.05) is 43.2 Å². The number of rotatable bonds is 1. The van der Waals surface area contributed by atoms with E-state index in [1.807, 2.05) is 31.7 Å². The van der Waals surface area contributed by atoms with Gasteiger partial charge in [0.15, 0.2) is 0 Å². The highest BCUT2D eigenvalue weighted by molar-refractivity contribution is 5.70. The van der Waals surface area contributed by atoms with Crippen molar-refractivity contribution in [1.82, 2.24) is 10.2 Å². The van der Waals surface area contributed by atoms with Crippen LogP contribution in [-0.4, -0.2) is 34.7 Å². The van der Waals surface area contributed by atoms with Crippen molar-refractivity contribution in [3.63, 3.8) is 0 Å². The molecule has 4 nitrogen and oxygen atoms in total. The van der Waals surface area contributed by atoms with E-state index < -0.39 is 5.60 Å². The highest BCUT2D eigenvalue weighted by Crippen LogP contribution is 2.45. The van der Waals surface area contributed by atoms with Crippen molar-refractivity contribution >= 4 is 6.09 Å². The molecule has 1 aromatic carbocycles. The first-order chi connectivity index (χ1) is 11.8. The number of likely N-dealkylation sites (tertiary alicyclic amines) is 1. The van der Waals surface area contributed by atoms with Crippen molar-refractivity contribution in [3.05, 3.63) is 35.9 Å². The van der Waals surface area contributed by atoms with E-state index in [2.05, 4.69) is 36.5 Å². The second-order valence-corrected chi connectivity index (χ2v) is 8.73. The Kier molecular flexibility index (Phi) is 5.10. The van der Waals surface area contributed by atoms with Gasteiger partial charge in [-0.15, -0.1) is 0 Å². The highest BCUT2D eigenvalue weighted by atomic mass is 16.6. The monoisotopic (exact) mass is 344 g/mol. The van der Waals surface area contributed by atoms with Crippen molar-refractivity contribution in [2.24, 2.45) is 0 Å². The fourth-order valence-electron chi connectivity index (χ4n) is 4.34. The van der Waals surface area contributed by atoms with Crippen LogP contribution in [0.5, 0.6) is 0 Å². The van der Waals surface area contributed by atoms with Gasteiger partial charge in [0.1, 0.15) is 5.60 Å². The van der Waals surface area contributed by atoms with Crippen LogP contribution in [0.25, 0.3) is 0 Å². The molecule has 4 heteroatoms. The number of amides is 1. The van der Waals surface area contributed by atoms with E-state index in [4.69, 9.17) is 4.74 Å². The van der Waals surface area contributed by atoms with Gasteiger partial charge in [-0.3, -0.25) is 4.90 Å². The lowest BCUT2D eigenvalue weighted by Gasteiger charge is -2.38. The van der Waals surface area contributed by atoms with Gasteiger partial charge in [-0.2, -0.15) is 0 Å². The Morgan fingerprint density at radius 1 is 1.20 bits per heavy atom. The van der Waals surface area contributed by atoms with Crippen LogP contribution in [0.15, 0.2) is 30.3 Å². The average Bonchev–Trinajstić information content (AvgIpc) is 2.80. The molecule has 2 aliphatic rings. The smallest absolute Gasteiger partial charge is 0.411 e. The van der Waals surface area contributed by atoms with Crippen molar-refractivity contribution in [2.45, 2.75) is 83.0 Å². The molecule has 0 bridgehead atoms. The third-order valence-corrected chi connectivity index (χ3v) is 5.50. The summed E-state index contributed by atoms with van der Waals surface area (Å²) in [6.07, 6.45) is 5.38. The predicted molar refractivity (Wildman–Crippen MR) is 101 cm³/mol. The number of nitrogens with one attached hydrogen (secondary N) is 1. The molecule has 0 unspecified atom stereocenters. The summed E-state index contributed by atoms with van der Waals surface area (Å²) in [5.41, 5.74) is 0.660. The molecule has 1 aromatic rings. The Labute approximate surface area is 151 Å². The molecule has 25 heavy (non-hydrogen) atoms. The zero-order valence-corrected chi connectivity index (χ0v) is 16.0. The largest absolute Gasteiger partial charge is 0.444 e. The molecule has 0 aromatic heterocycles. The Balaban J connectivity index is 1.96. The van der Waals surface area contributed by atoms with Gasteiger partial charge in [0.05, 0.1) is 12.1 Å². The van der Waals surface area contributed by atoms with Crippen LogP contribution in [0.1, 0.15) is 71.4 Å². The maximum atomic E-state index is 13.1. The second kappa shape index (κ2) is 6.99. The average molecular weight is 344 g/mol. The molecule has 0 saturated carbocycles. The Bertz CT molecular complexity index is 596. The molecular weight excluding hydrogens is 312 g/mol. The summed E-state index contributed by atoms with van der Waals surface area (Å²) >= 11 is 0. The van der Waals surface area contributed by atoms with Crippen molar-refractivity contribution in [1.29, 1.82) is 0 Å². The standard InChI is InChI=1S/C21H32N2O2/c1-20(2,3)25-19(24)23-17(16-11-7-5-8-12-16)15-21(4)18(23)13-9-6-10-14-22-21/h5,7-8,11-12,17-18,22H,6,9-10,13-15H2,1-4H3/t17-,18-,21-/m0/s1. The molecule has 2 saturated heterocycles. The summed E-state index contributed by atoms with van der Waals surface area (Å²) in [5, 5.41) is 3.76. The molecule has 0 spiro atoms. The van der Waals surface area contributed by atoms with E-state index in [1.165, 1.54) is 24.8 Å². The van der Waals surface area contributed by atoms with Crippen LogP contribution < -0.4 is 5.32 Å². The summed E-state index contributed by atoms with van der Waals surface area (Å²) in [6, 6.07) is 10.6. The summed E-state index contributed by atoms with van der Waals surface area (Å²) in [4.78, 5) is 15.1.